The molecular formula is C20H28N2O4. The lowest BCUT2D eigenvalue weighted by atomic mass is 9.93. The second kappa shape index (κ2) is 9.03. The molecule has 0 radical (unpaired) electrons. The molecule has 2 aliphatic heterocycles. The Labute approximate surface area is 154 Å². The lowest BCUT2D eigenvalue weighted by molar-refractivity contribution is -0.122. The third-order valence-electron chi connectivity index (χ3n) is 5.15. The predicted molar refractivity (Wildman–Crippen MR) is 99.3 cm³/mol. The number of ether oxygens (including phenoxy) is 2. The molecule has 2 N–H and O–H groups in total. The number of hydrogen-bond donors (Lipinski definition) is 2. The smallest absolute Gasteiger partial charge is 0.224 e. The van der Waals surface area contributed by atoms with Crippen LogP contribution in [-0.2, 0) is 20.7 Å². The SMILES string of the molecule is C[C@H](NC(=O)CCCOc1ccc2c(c1)CCC(=O)N2)C1CCOCC1. The summed E-state index contributed by atoms with van der Waals surface area (Å²) in [6, 6.07) is 5.91. The topological polar surface area (TPSA) is 76.7 Å². The summed E-state index contributed by atoms with van der Waals surface area (Å²) in [4.78, 5) is 23.5. The summed E-state index contributed by atoms with van der Waals surface area (Å²) in [5, 5.41) is 5.96. The largest absolute Gasteiger partial charge is 0.494 e. The highest BCUT2D eigenvalue weighted by molar-refractivity contribution is 5.94. The summed E-state index contributed by atoms with van der Waals surface area (Å²) in [5.41, 5.74) is 1.97. The Bertz CT molecular complexity index is 641. The summed E-state index contributed by atoms with van der Waals surface area (Å²) < 4.78 is 11.1. The number of rotatable bonds is 7. The fraction of sp³-hybridized carbons (Fsp3) is 0.600. The first-order valence-corrected chi connectivity index (χ1v) is 9.54. The Morgan fingerprint density at radius 2 is 2.15 bits per heavy atom. The van der Waals surface area contributed by atoms with Gasteiger partial charge in [-0.25, -0.2) is 0 Å². The summed E-state index contributed by atoms with van der Waals surface area (Å²) in [6.45, 7) is 4.17. The number of anilines is 1. The van der Waals surface area contributed by atoms with E-state index in [9.17, 15) is 9.59 Å². The average Bonchev–Trinajstić information content (AvgIpc) is 2.66. The number of hydrogen-bond acceptors (Lipinski definition) is 4. The maximum atomic E-state index is 12.1. The van der Waals surface area contributed by atoms with Crippen LogP contribution in [0.2, 0.25) is 0 Å². The lowest BCUT2D eigenvalue weighted by Gasteiger charge is -2.28. The molecule has 0 spiro atoms. The number of amides is 2. The number of fused-ring (bicyclic) bond motifs is 1. The second-order valence-corrected chi connectivity index (χ2v) is 7.13. The van der Waals surface area contributed by atoms with E-state index in [1.807, 2.05) is 18.2 Å². The van der Waals surface area contributed by atoms with E-state index < -0.39 is 0 Å². The van der Waals surface area contributed by atoms with E-state index in [0.717, 1.165) is 49.5 Å². The summed E-state index contributed by atoms with van der Waals surface area (Å²) >= 11 is 0. The van der Waals surface area contributed by atoms with Crippen LogP contribution in [0.25, 0.3) is 0 Å². The number of carbonyl (C=O) groups excluding carboxylic acids is 2. The molecule has 0 aliphatic carbocycles. The van der Waals surface area contributed by atoms with E-state index in [1.54, 1.807) is 0 Å². The zero-order valence-electron chi connectivity index (χ0n) is 15.4. The molecule has 6 heteroatoms. The third kappa shape index (κ3) is 5.21. The maximum absolute atomic E-state index is 12.1. The van der Waals surface area contributed by atoms with E-state index in [2.05, 4.69) is 17.6 Å². The van der Waals surface area contributed by atoms with Crippen molar-refractivity contribution >= 4 is 17.5 Å². The van der Waals surface area contributed by atoms with Crippen molar-refractivity contribution in [1.82, 2.24) is 5.32 Å². The zero-order valence-corrected chi connectivity index (χ0v) is 15.4. The van der Waals surface area contributed by atoms with E-state index in [1.165, 1.54) is 0 Å². The Hall–Kier alpha value is -2.08. The molecule has 1 aromatic carbocycles. The average molecular weight is 360 g/mol. The maximum Gasteiger partial charge on any atom is 0.224 e. The van der Waals surface area contributed by atoms with Gasteiger partial charge in [0, 0.05) is 37.8 Å². The van der Waals surface area contributed by atoms with Crippen LogP contribution in [0.3, 0.4) is 0 Å². The van der Waals surface area contributed by atoms with Gasteiger partial charge < -0.3 is 20.1 Å². The van der Waals surface area contributed by atoms with Gasteiger partial charge in [0.05, 0.1) is 6.61 Å². The van der Waals surface area contributed by atoms with Gasteiger partial charge in [0.25, 0.3) is 0 Å². The molecule has 0 unspecified atom stereocenters. The van der Waals surface area contributed by atoms with Gasteiger partial charge in [0.15, 0.2) is 0 Å². The number of nitrogens with one attached hydrogen (secondary N) is 2. The normalized spacial score (nSPS) is 18.6. The molecule has 3 rings (SSSR count). The minimum Gasteiger partial charge on any atom is -0.494 e. The highest BCUT2D eigenvalue weighted by atomic mass is 16.5. The van der Waals surface area contributed by atoms with Crippen molar-refractivity contribution in [2.24, 2.45) is 5.92 Å². The van der Waals surface area contributed by atoms with Crippen LogP contribution in [0, 0.1) is 5.92 Å². The Balaban J connectivity index is 1.36. The van der Waals surface area contributed by atoms with E-state index in [-0.39, 0.29) is 17.9 Å². The highest BCUT2D eigenvalue weighted by Crippen LogP contribution is 2.26. The van der Waals surface area contributed by atoms with E-state index in [0.29, 0.717) is 31.8 Å². The predicted octanol–water partition coefficient (Wildman–Crippen LogP) is 2.66. The Kier molecular flexibility index (Phi) is 6.50. The molecule has 1 atom stereocenters. The number of benzene rings is 1. The van der Waals surface area contributed by atoms with Gasteiger partial charge in [-0.3, -0.25) is 9.59 Å². The zero-order chi connectivity index (χ0) is 18.4. The minimum atomic E-state index is 0.0622. The van der Waals surface area contributed by atoms with Gasteiger partial charge in [0.2, 0.25) is 11.8 Å². The van der Waals surface area contributed by atoms with Crippen molar-refractivity contribution in [1.29, 1.82) is 0 Å². The summed E-state index contributed by atoms with van der Waals surface area (Å²) in [7, 11) is 0. The van der Waals surface area contributed by atoms with Crippen molar-refractivity contribution in [3.63, 3.8) is 0 Å². The molecule has 1 fully saturated rings. The number of aryl methyl sites for hydroxylation is 1. The second-order valence-electron chi connectivity index (χ2n) is 7.13. The molecule has 0 saturated carbocycles. The van der Waals surface area contributed by atoms with E-state index in [4.69, 9.17) is 9.47 Å². The molecule has 1 aromatic rings. The first-order valence-electron chi connectivity index (χ1n) is 9.54. The van der Waals surface area contributed by atoms with Crippen LogP contribution in [0.15, 0.2) is 18.2 Å². The van der Waals surface area contributed by atoms with E-state index >= 15 is 0 Å². The number of carbonyl (C=O) groups is 2. The molecule has 0 bridgehead atoms. The molecule has 2 heterocycles. The lowest BCUT2D eigenvalue weighted by Crippen LogP contribution is -2.40. The molecular weight excluding hydrogens is 332 g/mol. The summed E-state index contributed by atoms with van der Waals surface area (Å²) in [6.07, 6.45) is 4.44. The molecule has 1 saturated heterocycles. The van der Waals surface area contributed by atoms with Crippen LogP contribution < -0.4 is 15.4 Å². The van der Waals surface area contributed by atoms with Crippen molar-refractivity contribution in [2.75, 3.05) is 25.1 Å². The van der Waals surface area contributed by atoms with Gasteiger partial charge in [-0.15, -0.1) is 0 Å². The van der Waals surface area contributed by atoms with Gasteiger partial charge in [-0.2, -0.15) is 0 Å². The first-order chi connectivity index (χ1) is 12.6. The van der Waals surface area contributed by atoms with Crippen LogP contribution in [0.4, 0.5) is 5.69 Å². The molecule has 6 nitrogen and oxygen atoms in total. The summed E-state index contributed by atoms with van der Waals surface area (Å²) in [5.74, 6) is 1.45. The fourth-order valence-corrected chi connectivity index (χ4v) is 3.53. The fourth-order valence-electron chi connectivity index (χ4n) is 3.53. The van der Waals surface area contributed by atoms with Gasteiger partial charge in [-0.1, -0.05) is 0 Å². The molecule has 2 aliphatic rings. The molecule has 0 aromatic heterocycles. The quantitative estimate of drug-likeness (QED) is 0.733. The van der Waals surface area contributed by atoms with Crippen LogP contribution in [-0.4, -0.2) is 37.7 Å². The van der Waals surface area contributed by atoms with Gasteiger partial charge >= 0.3 is 0 Å². The van der Waals surface area contributed by atoms with Crippen LogP contribution in [0.1, 0.15) is 44.6 Å². The van der Waals surface area contributed by atoms with Crippen LogP contribution in [0.5, 0.6) is 5.75 Å². The minimum absolute atomic E-state index is 0.0622. The molecule has 142 valence electrons. The third-order valence-corrected chi connectivity index (χ3v) is 5.15. The van der Waals surface area contributed by atoms with Crippen molar-refractivity contribution in [3.05, 3.63) is 23.8 Å². The van der Waals surface area contributed by atoms with Gasteiger partial charge in [-0.05, 0) is 62.3 Å². The first kappa shape index (κ1) is 18.7. The van der Waals surface area contributed by atoms with Gasteiger partial charge in [0.1, 0.15) is 5.75 Å². The highest BCUT2D eigenvalue weighted by Gasteiger charge is 2.21. The molecule has 2 amide bonds. The molecule has 26 heavy (non-hydrogen) atoms. The van der Waals surface area contributed by atoms with Crippen molar-refractivity contribution < 1.29 is 19.1 Å². The van der Waals surface area contributed by atoms with Crippen LogP contribution >= 0.6 is 0 Å². The Morgan fingerprint density at radius 3 is 2.96 bits per heavy atom. The monoisotopic (exact) mass is 360 g/mol. The Morgan fingerprint density at radius 1 is 1.35 bits per heavy atom. The van der Waals surface area contributed by atoms with Crippen molar-refractivity contribution in [3.8, 4) is 5.75 Å². The standard InChI is InChI=1S/C20H28N2O4/c1-14(15-8-11-25-12-9-15)21-19(23)3-2-10-26-17-5-6-18-16(13-17)4-7-20(24)22-18/h5-6,13-15H,2-4,7-12H2,1H3,(H,21,23)(H,22,24)/t14-/m0/s1. The van der Waals surface area contributed by atoms with Crippen molar-refractivity contribution in [2.45, 2.75) is 51.5 Å².